The fourth-order valence-corrected chi connectivity index (χ4v) is 2.58. The Morgan fingerprint density at radius 2 is 1.85 bits per heavy atom. The molecular formula is C11H20O2. The van der Waals surface area contributed by atoms with Crippen LogP contribution in [-0.4, -0.2) is 23.9 Å². The third-order valence-electron chi connectivity index (χ3n) is 3.44. The van der Waals surface area contributed by atoms with Crippen molar-refractivity contribution in [1.29, 1.82) is 0 Å². The highest BCUT2D eigenvalue weighted by Crippen LogP contribution is 2.30. The molecule has 0 spiro atoms. The highest BCUT2D eigenvalue weighted by Gasteiger charge is 2.24. The van der Waals surface area contributed by atoms with Crippen molar-refractivity contribution in [3.05, 3.63) is 0 Å². The van der Waals surface area contributed by atoms with E-state index in [9.17, 15) is 5.11 Å². The zero-order chi connectivity index (χ0) is 9.10. The van der Waals surface area contributed by atoms with E-state index in [1.807, 2.05) is 0 Å². The minimum absolute atomic E-state index is 0.0132. The molecule has 1 aliphatic carbocycles. The molecule has 1 saturated heterocycles. The topological polar surface area (TPSA) is 29.5 Å². The molecule has 1 heterocycles. The van der Waals surface area contributed by atoms with Gasteiger partial charge < -0.3 is 9.84 Å². The Morgan fingerprint density at radius 3 is 2.46 bits per heavy atom. The molecule has 76 valence electrons. The molecule has 1 N–H and O–H groups in total. The quantitative estimate of drug-likeness (QED) is 0.712. The van der Waals surface area contributed by atoms with Gasteiger partial charge in [0.2, 0.25) is 0 Å². The van der Waals surface area contributed by atoms with E-state index >= 15 is 0 Å². The second-order valence-corrected chi connectivity index (χ2v) is 4.55. The summed E-state index contributed by atoms with van der Waals surface area (Å²) in [6.07, 6.45) is 8.73. The number of ether oxygens (including phenoxy) is 1. The Hall–Kier alpha value is -0.0800. The second-order valence-electron chi connectivity index (χ2n) is 4.55. The van der Waals surface area contributed by atoms with Crippen LogP contribution in [-0.2, 0) is 4.74 Å². The minimum atomic E-state index is -0.0132. The molecule has 2 aliphatic rings. The monoisotopic (exact) mass is 184 g/mol. The van der Waals surface area contributed by atoms with Crippen molar-refractivity contribution in [3.8, 4) is 0 Å². The van der Waals surface area contributed by atoms with Crippen LogP contribution >= 0.6 is 0 Å². The summed E-state index contributed by atoms with van der Waals surface area (Å²) in [6.45, 7) is 0.972. The molecule has 1 unspecified atom stereocenters. The van der Waals surface area contributed by atoms with Gasteiger partial charge in [0.1, 0.15) is 0 Å². The average Bonchev–Trinajstić information content (AvgIpc) is 2.62. The van der Waals surface area contributed by atoms with Gasteiger partial charge >= 0.3 is 0 Å². The van der Waals surface area contributed by atoms with E-state index in [0.717, 1.165) is 25.4 Å². The first-order valence-electron chi connectivity index (χ1n) is 5.64. The standard InChI is InChI=1S/C11H20O2/c12-10-5-3-9(4-6-10)8-11-2-1-7-13-11/h9-12H,1-8H2. The van der Waals surface area contributed by atoms with Gasteiger partial charge in [-0.15, -0.1) is 0 Å². The highest BCUT2D eigenvalue weighted by molar-refractivity contribution is 4.76. The van der Waals surface area contributed by atoms with E-state index < -0.39 is 0 Å². The normalized spacial score (nSPS) is 40.8. The molecule has 2 nitrogen and oxygen atoms in total. The van der Waals surface area contributed by atoms with Crippen LogP contribution < -0.4 is 0 Å². The van der Waals surface area contributed by atoms with Crippen LogP contribution in [0.4, 0.5) is 0 Å². The maximum atomic E-state index is 9.36. The van der Waals surface area contributed by atoms with Gasteiger partial charge in [0, 0.05) is 6.61 Å². The SMILES string of the molecule is OC1CCC(CC2CCCO2)CC1. The predicted octanol–water partition coefficient (Wildman–Crippen LogP) is 2.11. The summed E-state index contributed by atoms with van der Waals surface area (Å²) in [5, 5.41) is 9.36. The molecule has 2 rings (SSSR count). The first-order chi connectivity index (χ1) is 6.34. The molecule has 0 bridgehead atoms. The van der Waals surface area contributed by atoms with Gasteiger partial charge in [-0.05, 0) is 50.9 Å². The Bertz CT molecular complexity index is 144. The van der Waals surface area contributed by atoms with E-state index in [1.54, 1.807) is 0 Å². The van der Waals surface area contributed by atoms with E-state index in [4.69, 9.17) is 4.74 Å². The van der Waals surface area contributed by atoms with Crippen molar-refractivity contribution in [2.45, 2.75) is 57.2 Å². The van der Waals surface area contributed by atoms with Crippen molar-refractivity contribution in [2.24, 2.45) is 5.92 Å². The molecule has 0 amide bonds. The van der Waals surface area contributed by atoms with Gasteiger partial charge in [0.05, 0.1) is 12.2 Å². The zero-order valence-electron chi connectivity index (χ0n) is 8.24. The van der Waals surface area contributed by atoms with Crippen molar-refractivity contribution in [2.75, 3.05) is 6.61 Å². The van der Waals surface area contributed by atoms with Gasteiger partial charge in [-0.25, -0.2) is 0 Å². The molecule has 2 heteroatoms. The number of rotatable bonds is 2. The van der Waals surface area contributed by atoms with E-state index in [1.165, 1.54) is 32.1 Å². The average molecular weight is 184 g/mol. The molecule has 1 atom stereocenters. The lowest BCUT2D eigenvalue weighted by atomic mass is 9.83. The van der Waals surface area contributed by atoms with E-state index in [2.05, 4.69) is 0 Å². The van der Waals surface area contributed by atoms with Crippen LogP contribution in [0.15, 0.2) is 0 Å². The van der Waals surface area contributed by atoms with Crippen molar-refractivity contribution in [3.63, 3.8) is 0 Å². The molecule has 0 aromatic carbocycles. The zero-order valence-corrected chi connectivity index (χ0v) is 8.24. The lowest BCUT2D eigenvalue weighted by molar-refractivity contribution is 0.0610. The largest absolute Gasteiger partial charge is 0.393 e. The third kappa shape index (κ3) is 2.68. The second kappa shape index (κ2) is 4.43. The lowest BCUT2D eigenvalue weighted by Gasteiger charge is -2.27. The molecule has 2 fully saturated rings. The van der Waals surface area contributed by atoms with Crippen molar-refractivity contribution in [1.82, 2.24) is 0 Å². The molecule has 1 aliphatic heterocycles. The van der Waals surface area contributed by atoms with Gasteiger partial charge in [-0.3, -0.25) is 0 Å². The van der Waals surface area contributed by atoms with Gasteiger partial charge in [0.25, 0.3) is 0 Å². The number of hydrogen-bond acceptors (Lipinski definition) is 2. The maximum Gasteiger partial charge on any atom is 0.0578 e. The van der Waals surface area contributed by atoms with Crippen LogP contribution in [0.3, 0.4) is 0 Å². The van der Waals surface area contributed by atoms with Crippen LogP contribution in [0.25, 0.3) is 0 Å². The summed E-state index contributed by atoms with van der Waals surface area (Å²) in [5.41, 5.74) is 0. The van der Waals surface area contributed by atoms with E-state index in [-0.39, 0.29) is 6.10 Å². The minimum Gasteiger partial charge on any atom is -0.393 e. The fourth-order valence-electron chi connectivity index (χ4n) is 2.58. The van der Waals surface area contributed by atoms with Gasteiger partial charge in [-0.2, -0.15) is 0 Å². The summed E-state index contributed by atoms with van der Waals surface area (Å²) in [4.78, 5) is 0. The fraction of sp³-hybridized carbons (Fsp3) is 1.00. The first kappa shape index (κ1) is 9.47. The van der Waals surface area contributed by atoms with Crippen LogP contribution in [0.5, 0.6) is 0 Å². The van der Waals surface area contributed by atoms with Crippen LogP contribution in [0, 0.1) is 5.92 Å². The summed E-state index contributed by atoms with van der Waals surface area (Å²) in [7, 11) is 0. The van der Waals surface area contributed by atoms with Crippen LogP contribution in [0.2, 0.25) is 0 Å². The van der Waals surface area contributed by atoms with E-state index in [0.29, 0.717) is 6.10 Å². The number of aliphatic hydroxyl groups excluding tert-OH is 1. The Labute approximate surface area is 80.3 Å². The third-order valence-corrected chi connectivity index (χ3v) is 3.44. The highest BCUT2D eigenvalue weighted by atomic mass is 16.5. The predicted molar refractivity (Wildman–Crippen MR) is 51.6 cm³/mol. The van der Waals surface area contributed by atoms with Gasteiger partial charge in [0.15, 0.2) is 0 Å². The summed E-state index contributed by atoms with van der Waals surface area (Å²) in [5.74, 6) is 0.825. The van der Waals surface area contributed by atoms with Crippen molar-refractivity contribution >= 4 is 0 Å². The molecular weight excluding hydrogens is 164 g/mol. The first-order valence-corrected chi connectivity index (χ1v) is 5.64. The maximum absolute atomic E-state index is 9.36. The molecule has 13 heavy (non-hydrogen) atoms. The number of hydrogen-bond donors (Lipinski definition) is 1. The van der Waals surface area contributed by atoms with Crippen molar-refractivity contribution < 1.29 is 9.84 Å². The number of aliphatic hydroxyl groups is 1. The summed E-state index contributed by atoms with van der Waals surface area (Å²) >= 11 is 0. The smallest absolute Gasteiger partial charge is 0.0578 e. The Morgan fingerprint density at radius 1 is 1.08 bits per heavy atom. The Kier molecular flexibility index (Phi) is 3.23. The molecule has 0 aromatic rings. The molecule has 1 saturated carbocycles. The summed E-state index contributed by atoms with van der Waals surface area (Å²) < 4.78 is 5.62. The lowest BCUT2D eigenvalue weighted by Crippen LogP contribution is -2.21. The summed E-state index contributed by atoms with van der Waals surface area (Å²) in [6, 6.07) is 0. The molecule has 0 radical (unpaired) electrons. The molecule has 0 aromatic heterocycles. The Balaban J connectivity index is 1.69. The van der Waals surface area contributed by atoms with Gasteiger partial charge in [-0.1, -0.05) is 0 Å². The van der Waals surface area contributed by atoms with Crippen LogP contribution in [0.1, 0.15) is 44.9 Å².